The summed E-state index contributed by atoms with van der Waals surface area (Å²) in [6.07, 6.45) is 9.23. The van der Waals surface area contributed by atoms with Gasteiger partial charge in [0.05, 0.1) is 0 Å². The highest BCUT2D eigenvalue weighted by molar-refractivity contribution is 4.84. The van der Waals surface area contributed by atoms with Crippen molar-refractivity contribution in [2.75, 3.05) is 33.2 Å². The predicted octanol–water partition coefficient (Wildman–Crippen LogP) is 2.70. The predicted molar refractivity (Wildman–Crippen MR) is 84.5 cm³/mol. The van der Waals surface area contributed by atoms with Gasteiger partial charge in [0.1, 0.15) is 0 Å². The van der Waals surface area contributed by atoms with Crippen LogP contribution in [0.1, 0.15) is 58.8 Å². The van der Waals surface area contributed by atoms with E-state index in [1.165, 1.54) is 64.6 Å². The second-order valence-electron chi connectivity index (χ2n) is 6.15. The van der Waals surface area contributed by atoms with Crippen LogP contribution in [0.3, 0.4) is 0 Å². The molecule has 1 aliphatic rings. The van der Waals surface area contributed by atoms with Crippen molar-refractivity contribution in [1.29, 1.82) is 0 Å². The Hall–Kier alpha value is -0.120. The molecule has 0 aliphatic carbocycles. The van der Waals surface area contributed by atoms with Crippen LogP contribution >= 0.6 is 0 Å². The number of unbranched alkanes of at least 4 members (excludes halogenated alkanes) is 3. The Morgan fingerprint density at radius 1 is 1.16 bits per heavy atom. The molecule has 0 spiro atoms. The van der Waals surface area contributed by atoms with Crippen LogP contribution in [0.5, 0.6) is 0 Å². The lowest BCUT2D eigenvalue weighted by Gasteiger charge is -2.36. The fraction of sp³-hybridized carbons (Fsp3) is 1.00. The molecular formula is C16H35N3. The molecule has 0 aromatic carbocycles. The average molecular weight is 269 g/mol. The Morgan fingerprint density at radius 2 is 1.95 bits per heavy atom. The number of nitrogens with zero attached hydrogens (tertiary/aromatic N) is 2. The molecule has 1 fully saturated rings. The summed E-state index contributed by atoms with van der Waals surface area (Å²) < 4.78 is 0. The molecule has 0 aromatic heterocycles. The molecule has 0 bridgehead atoms. The molecule has 1 heterocycles. The van der Waals surface area contributed by atoms with Gasteiger partial charge in [0.2, 0.25) is 0 Å². The maximum Gasteiger partial charge on any atom is 0.0223 e. The van der Waals surface area contributed by atoms with E-state index in [1.54, 1.807) is 0 Å². The van der Waals surface area contributed by atoms with E-state index in [-0.39, 0.29) is 0 Å². The zero-order valence-electron chi connectivity index (χ0n) is 13.4. The SMILES string of the molecule is CCCCCCC(CN)N1CCCN(C)CC1CC. The first-order valence-electron chi connectivity index (χ1n) is 8.37. The number of nitrogens with two attached hydrogens (primary N) is 1. The van der Waals surface area contributed by atoms with E-state index in [4.69, 9.17) is 5.73 Å². The zero-order valence-corrected chi connectivity index (χ0v) is 13.4. The third-order valence-corrected chi connectivity index (χ3v) is 4.55. The van der Waals surface area contributed by atoms with Gasteiger partial charge in [-0.1, -0.05) is 39.5 Å². The Morgan fingerprint density at radius 3 is 2.58 bits per heavy atom. The molecule has 0 saturated carbocycles. The van der Waals surface area contributed by atoms with E-state index in [0.717, 1.165) is 6.54 Å². The summed E-state index contributed by atoms with van der Waals surface area (Å²) in [6, 6.07) is 1.31. The van der Waals surface area contributed by atoms with Crippen LogP contribution in [0.25, 0.3) is 0 Å². The summed E-state index contributed by atoms with van der Waals surface area (Å²) in [5, 5.41) is 0. The molecule has 1 rings (SSSR count). The van der Waals surface area contributed by atoms with Crippen molar-refractivity contribution in [3.63, 3.8) is 0 Å². The molecule has 1 saturated heterocycles. The summed E-state index contributed by atoms with van der Waals surface area (Å²) >= 11 is 0. The monoisotopic (exact) mass is 269 g/mol. The fourth-order valence-corrected chi connectivity index (χ4v) is 3.33. The van der Waals surface area contributed by atoms with E-state index < -0.39 is 0 Å². The lowest BCUT2D eigenvalue weighted by atomic mass is 10.0. The van der Waals surface area contributed by atoms with Crippen molar-refractivity contribution in [1.82, 2.24) is 9.80 Å². The minimum Gasteiger partial charge on any atom is -0.329 e. The Bertz CT molecular complexity index is 220. The van der Waals surface area contributed by atoms with Crippen molar-refractivity contribution in [3.8, 4) is 0 Å². The van der Waals surface area contributed by atoms with Crippen molar-refractivity contribution >= 4 is 0 Å². The van der Waals surface area contributed by atoms with E-state index in [1.807, 2.05) is 0 Å². The molecule has 3 heteroatoms. The third kappa shape index (κ3) is 5.80. The molecule has 2 unspecified atom stereocenters. The largest absolute Gasteiger partial charge is 0.329 e. The van der Waals surface area contributed by atoms with Crippen LogP contribution in [0.15, 0.2) is 0 Å². The highest BCUT2D eigenvalue weighted by Crippen LogP contribution is 2.19. The minimum absolute atomic E-state index is 0.605. The number of likely N-dealkylation sites (N-methyl/N-ethyl adjacent to an activating group) is 1. The number of hydrogen-bond acceptors (Lipinski definition) is 3. The lowest BCUT2D eigenvalue weighted by molar-refractivity contribution is 0.123. The molecule has 2 atom stereocenters. The fourth-order valence-electron chi connectivity index (χ4n) is 3.33. The zero-order chi connectivity index (χ0) is 14.1. The summed E-state index contributed by atoms with van der Waals surface area (Å²) in [5.41, 5.74) is 6.07. The second kappa shape index (κ2) is 9.73. The van der Waals surface area contributed by atoms with Crippen LogP contribution in [-0.4, -0.2) is 55.1 Å². The van der Waals surface area contributed by atoms with Gasteiger partial charge in [-0.3, -0.25) is 4.90 Å². The Balaban J connectivity index is 2.50. The van der Waals surface area contributed by atoms with Gasteiger partial charge in [0.15, 0.2) is 0 Å². The molecular weight excluding hydrogens is 234 g/mol. The average Bonchev–Trinajstić information content (AvgIpc) is 2.60. The lowest BCUT2D eigenvalue weighted by Crippen LogP contribution is -2.48. The maximum absolute atomic E-state index is 6.07. The molecule has 0 radical (unpaired) electrons. The first-order chi connectivity index (χ1) is 9.22. The van der Waals surface area contributed by atoms with E-state index in [0.29, 0.717) is 12.1 Å². The quantitative estimate of drug-likeness (QED) is 0.688. The van der Waals surface area contributed by atoms with Crippen molar-refractivity contribution < 1.29 is 0 Å². The highest BCUT2D eigenvalue weighted by Gasteiger charge is 2.27. The molecule has 2 N–H and O–H groups in total. The molecule has 0 amide bonds. The Kier molecular flexibility index (Phi) is 8.67. The summed E-state index contributed by atoms with van der Waals surface area (Å²) in [6.45, 7) is 9.10. The van der Waals surface area contributed by atoms with Crippen molar-refractivity contribution in [2.24, 2.45) is 5.73 Å². The molecule has 3 nitrogen and oxygen atoms in total. The van der Waals surface area contributed by atoms with Gasteiger partial charge in [0, 0.05) is 31.7 Å². The van der Waals surface area contributed by atoms with E-state index in [9.17, 15) is 0 Å². The Labute approximate surface area is 120 Å². The standard InChI is InChI=1S/C16H35N3/c1-4-6-7-8-10-16(13-17)19-12-9-11-18(3)14-15(19)5-2/h15-16H,4-14,17H2,1-3H3. The van der Waals surface area contributed by atoms with Gasteiger partial charge in [0.25, 0.3) is 0 Å². The molecule has 0 aromatic rings. The molecule has 1 aliphatic heterocycles. The summed E-state index contributed by atoms with van der Waals surface area (Å²) in [7, 11) is 2.25. The first kappa shape index (κ1) is 16.9. The van der Waals surface area contributed by atoms with Crippen LogP contribution < -0.4 is 5.73 Å². The minimum atomic E-state index is 0.605. The summed E-state index contributed by atoms with van der Waals surface area (Å²) in [5.74, 6) is 0. The van der Waals surface area contributed by atoms with Crippen molar-refractivity contribution in [3.05, 3.63) is 0 Å². The second-order valence-corrected chi connectivity index (χ2v) is 6.15. The summed E-state index contributed by atoms with van der Waals surface area (Å²) in [4.78, 5) is 5.20. The van der Waals surface area contributed by atoms with Crippen molar-refractivity contribution in [2.45, 2.75) is 70.9 Å². The van der Waals surface area contributed by atoms with Gasteiger partial charge >= 0.3 is 0 Å². The van der Waals surface area contributed by atoms with Gasteiger partial charge in [-0.25, -0.2) is 0 Å². The van der Waals surface area contributed by atoms with Gasteiger partial charge in [-0.2, -0.15) is 0 Å². The van der Waals surface area contributed by atoms with Gasteiger partial charge in [-0.15, -0.1) is 0 Å². The van der Waals surface area contributed by atoms with Crippen LogP contribution in [0, 0.1) is 0 Å². The van der Waals surface area contributed by atoms with Gasteiger partial charge < -0.3 is 10.6 Å². The van der Waals surface area contributed by atoms with E-state index in [2.05, 4.69) is 30.7 Å². The smallest absolute Gasteiger partial charge is 0.0223 e. The highest BCUT2D eigenvalue weighted by atomic mass is 15.3. The van der Waals surface area contributed by atoms with Crippen LogP contribution in [0.4, 0.5) is 0 Å². The maximum atomic E-state index is 6.07. The first-order valence-corrected chi connectivity index (χ1v) is 8.37. The number of rotatable bonds is 8. The topological polar surface area (TPSA) is 32.5 Å². The van der Waals surface area contributed by atoms with E-state index >= 15 is 0 Å². The molecule has 19 heavy (non-hydrogen) atoms. The molecule has 114 valence electrons. The number of hydrogen-bond donors (Lipinski definition) is 1. The third-order valence-electron chi connectivity index (χ3n) is 4.55. The van der Waals surface area contributed by atoms with Gasteiger partial charge in [-0.05, 0) is 32.9 Å². The van der Waals surface area contributed by atoms with Crippen LogP contribution in [-0.2, 0) is 0 Å². The van der Waals surface area contributed by atoms with Crippen LogP contribution in [0.2, 0.25) is 0 Å². The normalized spacial score (nSPS) is 24.3.